The number of nitrogens with zero attached hydrogens (tertiary/aromatic N) is 2. The summed E-state index contributed by atoms with van der Waals surface area (Å²) in [5.41, 5.74) is -0.665. The van der Waals surface area contributed by atoms with Crippen molar-refractivity contribution in [1.82, 2.24) is 9.55 Å². The molecule has 1 fully saturated rings. The van der Waals surface area contributed by atoms with Gasteiger partial charge in [0, 0.05) is 20.2 Å². The maximum atomic E-state index is 12.1. The number of methoxy groups -OCH3 is 1. The van der Waals surface area contributed by atoms with E-state index in [0.717, 1.165) is 0 Å². The van der Waals surface area contributed by atoms with Crippen molar-refractivity contribution in [3.8, 4) is 0 Å². The number of hydrogen-bond donors (Lipinski definition) is 3. The minimum absolute atomic E-state index is 0.153. The fourth-order valence-corrected chi connectivity index (χ4v) is 2.79. The number of carbonyl (C=O) groups is 1. The molecule has 4 atom stereocenters. The first-order valence-corrected chi connectivity index (χ1v) is 7.50. The van der Waals surface area contributed by atoms with Crippen molar-refractivity contribution in [1.29, 1.82) is 0 Å². The number of halogens is 1. The summed E-state index contributed by atoms with van der Waals surface area (Å²) < 4.78 is 12.3. The van der Waals surface area contributed by atoms with Gasteiger partial charge in [-0.1, -0.05) is 0 Å². The highest BCUT2D eigenvalue weighted by Gasteiger charge is 2.45. The molecular formula is C12H16IN3O6. The van der Waals surface area contributed by atoms with Crippen LogP contribution in [0.15, 0.2) is 11.0 Å². The van der Waals surface area contributed by atoms with E-state index in [1.54, 1.807) is 0 Å². The van der Waals surface area contributed by atoms with Gasteiger partial charge in [0.25, 0.3) is 0 Å². The number of aromatic nitrogens is 2. The third kappa shape index (κ3) is 3.30. The van der Waals surface area contributed by atoms with E-state index in [1.807, 2.05) is 22.6 Å². The lowest BCUT2D eigenvalue weighted by atomic mass is 10.1. The first-order valence-electron chi connectivity index (χ1n) is 6.42. The van der Waals surface area contributed by atoms with Crippen LogP contribution in [0.2, 0.25) is 0 Å². The highest BCUT2D eigenvalue weighted by atomic mass is 127. The van der Waals surface area contributed by atoms with Crippen LogP contribution in [0.5, 0.6) is 0 Å². The first kappa shape index (κ1) is 17.3. The lowest BCUT2D eigenvalue weighted by Crippen LogP contribution is -2.37. The van der Waals surface area contributed by atoms with Crippen LogP contribution < -0.4 is 11.0 Å². The molecule has 10 heteroatoms. The predicted octanol–water partition coefficient (Wildman–Crippen LogP) is -0.928. The Morgan fingerprint density at radius 3 is 2.86 bits per heavy atom. The Bertz CT molecular complexity index is 621. The average molecular weight is 425 g/mol. The maximum absolute atomic E-state index is 12.1. The summed E-state index contributed by atoms with van der Waals surface area (Å²) in [7, 11) is 1.37. The van der Waals surface area contributed by atoms with Crippen molar-refractivity contribution < 1.29 is 24.5 Å². The van der Waals surface area contributed by atoms with E-state index < -0.39 is 36.8 Å². The molecule has 1 aromatic rings. The van der Waals surface area contributed by atoms with Gasteiger partial charge in [-0.25, -0.2) is 4.79 Å². The number of anilines is 1. The SMILES string of the molecule is COC1C(O)C(CO)OC1n1cc(I)c(NC(C)=O)nc1=O. The molecule has 122 valence electrons. The van der Waals surface area contributed by atoms with Gasteiger partial charge in [0.05, 0.1) is 10.2 Å². The van der Waals surface area contributed by atoms with Crippen LogP contribution in [0.1, 0.15) is 13.2 Å². The van der Waals surface area contributed by atoms with Gasteiger partial charge in [-0.2, -0.15) is 4.98 Å². The van der Waals surface area contributed by atoms with E-state index in [9.17, 15) is 19.8 Å². The van der Waals surface area contributed by atoms with Gasteiger partial charge >= 0.3 is 5.69 Å². The topological polar surface area (TPSA) is 123 Å². The van der Waals surface area contributed by atoms with Crippen molar-refractivity contribution in [3.63, 3.8) is 0 Å². The van der Waals surface area contributed by atoms with Crippen LogP contribution in [0.4, 0.5) is 5.82 Å². The molecule has 4 unspecified atom stereocenters. The van der Waals surface area contributed by atoms with Crippen LogP contribution in [-0.2, 0) is 14.3 Å². The Hall–Kier alpha value is -1.08. The van der Waals surface area contributed by atoms with E-state index in [4.69, 9.17) is 9.47 Å². The molecule has 1 amide bonds. The van der Waals surface area contributed by atoms with Gasteiger partial charge in [-0.3, -0.25) is 9.36 Å². The van der Waals surface area contributed by atoms with E-state index in [2.05, 4.69) is 10.3 Å². The standard InChI is InChI=1S/C12H16IN3O6/c1-5(18)14-10-6(13)3-16(12(20)15-10)11-9(21-2)8(19)7(4-17)22-11/h3,7-9,11,17,19H,4H2,1-2H3,(H,14,15,18,20). The van der Waals surface area contributed by atoms with E-state index in [-0.39, 0.29) is 11.7 Å². The fraction of sp³-hybridized carbons (Fsp3) is 0.583. The monoisotopic (exact) mass is 425 g/mol. The molecule has 1 aromatic heterocycles. The number of aliphatic hydroxyl groups excluding tert-OH is 2. The molecule has 0 radical (unpaired) electrons. The number of rotatable bonds is 4. The van der Waals surface area contributed by atoms with Gasteiger partial charge in [-0.05, 0) is 22.6 Å². The smallest absolute Gasteiger partial charge is 0.351 e. The molecule has 2 rings (SSSR count). The molecular weight excluding hydrogens is 409 g/mol. The van der Waals surface area contributed by atoms with Crippen LogP contribution in [0, 0.1) is 3.57 Å². The molecule has 0 bridgehead atoms. The largest absolute Gasteiger partial charge is 0.394 e. The number of amides is 1. The number of nitrogens with one attached hydrogen (secondary N) is 1. The van der Waals surface area contributed by atoms with Crippen molar-refractivity contribution in [2.24, 2.45) is 0 Å². The molecule has 9 nitrogen and oxygen atoms in total. The van der Waals surface area contributed by atoms with Crippen LogP contribution >= 0.6 is 22.6 Å². The highest BCUT2D eigenvalue weighted by molar-refractivity contribution is 14.1. The Labute approximate surface area is 139 Å². The molecule has 0 spiro atoms. The van der Waals surface area contributed by atoms with Gasteiger partial charge in [-0.15, -0.1) is 0 Å². The average Bonchev–Trinajstić information content (AvgIpc) is 2.77. The summed E-state index contributed by atoms with van der Waals surface area (Å²) in [6.45, 7) is 0.910. The van der Waals surface area contributed by atoms with Crippen LogP contribution in [0.3, 0.4) is 0 Å². The number of hydrogen-bond acceptors (Lipinski definition) is 7. The Kier molecular flexibility index (Phi) is 5.50. The molecule has 0 aromatic carbocycles. The Balaban J connectivity index is 2.38. The lowest BCUT2D eigenvalue weighted by molar-refractivity contribution is -0.114. The molecule has 0 saturated carbocycles. The molecule has 2 heterocycles. The maximum Gasteiger partial charge on any atom is 0.351 e. The Morgan fingerprint density at radius 2 is 2.32 bits per heavy atom. The highest BCUT2D eigenvalue weighted by Crippen LogP contribution is 2.30. The zero-order chi connectivity index (χ0) is 16.4. The summed E-state index contributed by atoms with van der Waals surface area (Å²) in [5.74, 6) is -0.189. The fourth-order valence-electron chi connectivity index (χ4n) is 2.23. The molecule has 22 heavy (non-hydrogen) atoms. The van der Waals surface area contributed by atoms with Crippen molar-refractivity contribution in [2.75, 3.05) is 19.0 Å². The molecule has 3 N–H and O–H groups in total. The van der Waals surface area contributed by atoms with Crippen LogP contribution in [-0.4, -0.2) is 57.7 Å². The third-order valence-electron chi connectivity index (χ3n) is 3.24. The third-order valence-corrected chi connectivity index (χ3v) is 4.03. The van der Waals surface area contributed by atoms with E-state index in [1.165, 1.54) is 24.8 Å². The molecule has 0 aliphatic carbocycles. The summed E-state index contributed by atoms with van der Waals surface area (Å²) in [4.78, 5) is 27.0. The van der Waals surface area contributed by atoms with Gasteiger partial charge in [0.2, 0.25) is 5.91 Å². The molecule has 1 saturated heterocycles. The van der Waals surface area contributed by atoms with Crippen molar-refractivity contribution in [2.45, 2.75) is 31.5 Å². The van der Waals surface area contributed by atoms with Gasteiger partial charge in [0.15, 0.2) is 12.0 Å². The second-order valence-corrected chi connectivity index (χ2v) is 5.91. The minimum atomic E-state index is -1.07. The quantitative estimate of drug-likeness (QED) is 0.533. The summed E-state index contributed by atoms with van der Waals surface area (Å²) in [5, 5.41) is 21.7. The number of carbonyl (C=O) groups excluding carboxylic acids is 1. The van der Waals surface area contributed by atoms with Crippen molar-refractivity contribution in [3.05, 3.63) is 20.3 Å². The lowest BCUT2D eigenvalue weighted by Gasteiger charge is -2.21. The zero-order valence-corrected chi connectivity index (χ0v) is 14.1. The first-order chi connectivity index (χ1) is 10.4. The van der Waals surface area contributed by atoms with Gasteiger partial charge in [0.1, 0.15) is 18.3 Å². The molecule has 1 aliphatic heterocycles. The van der Waals surface area contributed by atoms with Crippen molar-refractivity contribution >= 4 is 34.3 Å². The second kappa shape index (κ2) is 7.00. The Morgan fingerprint density at radius 1 is 1.64 bits per heavy atom. The van der Waals surface area contributed by atoms with E-state index >= 15 is 0 Å². The molecule has 1 aliphatic rings. The number of ether oxygens (including phenoxy) is 2. The summed E-state index contributed by atoms with van der Waals surface area (Å²) in [6, 6.07) is 0. The summed E-state index contributed by atoms with van der Waals surface area (Å²) in [6.07, 6.45) is -2.21. The minimum Gasteiger partial charge on any atom is -0.394 e. The van der Waals surface area contributed by atoms with E-state index in [0.29, 0.717) is 3.57 Å². The van der Waals surface area contributed by atoms with Gasteiger partial charge < -0.3 is 25.0 Å². The normalized spacial score (nSPS) is 27.9. The summed E-state index contributed by atoms with van der Waals surface area (Å²) >= 11 is 1.92. The second-order valence-electron chi connectivity index (χ2n) is 4.75. The zero-order valence-electron chi connectivity index (χ0n) is 11.9. The number of aliphatic hydroxyl groups is 2. The van der Waals surface area contributed by atoms with Crippen LogP contribution in [0.25, 0.3) is 0 Å². The predicted molar refractivity (Wildman–Crippen MR) is 83.3 cm³/mol.